The summed E-state index contributed by atoms with van der Waals surface area (Å²) < 4.78 is 12.8. The van der Waals surface area contributed by atoms with E-state index in [1.165, 1.54) is 121 Å². The number of hydrogen-bond acceptors (Lipinski definition) is 3. The zero-order valence-corrected chi connectivity index (χ0v) is 29.7. The molecule has 0 N–H and O–H groups in total. The Balaban J connectivity index is 1.15. The van der Waals surface area contributed by atoms with Gasteiger partial charge in [-0.3, -0.25) is 4.79 Å². The van der Waals surface area contributed by atoms with Crippen LogP contribution < -0.4 is 0 Å². The Labute approximate surface area is 261 Å². The summed E-state index contributed by atoms with van der Waals surface area (Å²) in [6.07, 6.45) is 30.6. The summed E-state index contributed by atoms with van der Waals surface area (Å²) in [5.74, 6) is 4.51. The highest BCUT2D eigenvalue weighted by Crippen LogP contribution is 2.66. The topological polar surface area (TPSA) is 35.5 Å². The number of esters is 1. The minimum absolute atomic E-state index is 0.0788. The summed E-state index contributed by atoms with van der Waals surface area (Å²) in [5.41, 5.74) is 0.603. The van der Waals surface area contributed by atoms with Gasteiger partial charge < -0.3 is 9.16 Å². The van der Waals surface area contributed by atoms with Crippen LogP contribution in [0.2, 0.25) is 19.6 Å². The van der Waals surface area contributed by atoms with E-state index in [2.05, 4.69) is 46.5 Å². The van der Waals surface area contributed by atoms with Crippen LogP contribution in [-0.4, -0.2) is 20.4 Å². The van der Waals surface area contributed by atoms with Crippen LogP contribution in [0.3, 0.4) is 0 Å². The Bertz CT molecular complexity index is 876. The summed E-state index contributed by atoms with van der Waals surface area (Å²) in [6.45, 7) is 14.3. The maximum atomic E-state index is 12.9. The smallest absolute Gasteiger partial charge is 0.306 e. The Morgan fingerprint density at radius 3 is 2.00 bits per heavy atom. The maximum absolute atomic E-state index is 12.9. The van der Waals surface area contributed by atoms with Gasteiger partial charge in [-0.05, 0) is 106 Å². The molecule has 0 radical (unpaired) electrons. The zero-order valence-electron chi connectivity index (χ0n) is 28.7. The van der Waals surface area contributed by atoms with Gasteiger partial charge in [-0.25, -0.2) is 0 Å². The van der Waals surface area contributed by atoms with Gasteiger partial charge in [0.15, 0.2) is 0 Å². The number of fused-ring (bicyclic) bond motifs is 5. The molecule has 0 spiro atoms. The van der Waals surface area contributed by atoms with Gasteiger partial charge in [-0.15, -0.1) is 0 Å². The van der Waals surface area contributed by atoms with Gasteiger partial charge in [0, 0.05) is 18.3 Å². The van der Waals surface area contributed by atoms with Crippen molar-refractivity contribution in [1.82, 2.24) is 0 Å². The Kier molecular flexibility index (Phi) is 12.6. The molecule has 3 fully saturated rings. The molecule has 3 nitrogen and oxygen atoms in total. The third-order valence-corrected chi connectivity index (χ3v) is 13.3. The molecule has 0 saturated heterocycles. The highest BCUT2D eigenvalue weighted by Gasteiger charge is 2.60. The number of rotatable bonds is 17. The molecule has 4 rings (SSSR count). The van der Waals surface area contributed by atoms with Crippen molar-refractivity contribution in [2.75, 3.05) is 0 Å². The second kappa shape index (κ2) is 15.5. The average Bonchev–Trinajstić information content (AvgIpc) is 3.26. The molecule has 42 heavy (non-hydrogen) atoms. The molecule has 4 aliphatic rings. The van der Waals surface area contributed by atoms with E-state index in [9.17, 15) is 4.79 Å². The fourth-order valence-electron chi connectivity index (χ4n) is 9.97. The van der Waals surface area contributed by atoms with Gasteiger partial charge in [0.05, 0.1) is 5.76 Å². The molecule has 0 heterocycles. The summed E-state index contributed by atoms with van der Waals surface area (Å²) in [4.78, 5) is 12.9. The number of hydrogen-bond donors (Lipinski definition) is 0. The fraction of sp³-hybridized carbons (Fsp3) is 0.921. The van der Waals surface area contributed by atoms with Crippen LogP contribution in [0.1, 0.15) is 162 Å². The van der Waals surface area contributed by atoms with Gasteiger partial charge in [-0.1, -0.05) is 97.8 Å². The lowest BCUT2D eigenvalue weighted by molar-refractivity contribution is -0.162. The van der Waals surface area contributed by atoms with Crippen molar-refractivity contribution in [3.63, 3.8) is 0 Å². The summed E-state index contributed by atoms with van der Waals surface area (Å²) in [5, 5.41) is 0. The third-order valence-electron chi connectivity index (χ3n) is 12.4. The van der Waals surface area contributed by atoms with Crippen molar-refractivity contribution in [1.29, 1.82) is 0 Å². The molecule has 0 aliphatic heterocycles. The zero-order chi connectivity index (χ0) is 30.2. The Morgan fingerprint density at radius 1 is 0.786 bits per heavy atom. The number of unbranched alkanes of at least 4 members (excludes halogenated alkanes) is 12. The lowest BCUT2D eigenvalue weighted by Crippen LogP contribution is -2.53. The van der Waals surface area contributed by atoms with Crippen LogP contribution in [0.25, 0.3) is 0 Å². The van der Waals surface area contributed by atoms with E-state index in [0.29, 0.717) is 11.8 Å². The minimum Gasteiger partial charge on any atom is -0.548 e. The van der Waals surface area contributed by atoms with E-state index in [4.69, 9.17) is 9.16 Å². The number of carbonyl (C=O) groups excluding carboxylic acids is 1. The van der Waals surface area contributed by atoms with Crippen LogP contribution in [0.15, 0.2) is 11.8 Å². The Hall–Kier alpha value is -0.773. The van der Waals surface area contributed by atoms with E-state index in [-0.39, 0.29) is 17.5 Å². The van der Waals surface area contributed by atoms with E-state index in [1.54, 1.807) is 0 Å². The highest BCUT2D eigenvalue weighted by molar-refractivity contribution is 6.70. The lowest BCUT2D eigenvalue weighted by Gasteiger charge is -2.59. The minimum atomic E-state index is -1.54. The third kappa shape index (κ3) is 8.69. The van der Waals surface area contributed by atoms with E-state index in [0.717, 1.165) is 42.9 Å². The molecule has 0 aromatic rings. The van der Waals surface area contributed by atoms with Gasteiger partial charge in [-0.2, -0.15) is 0 Å². The quantitative estimate of drug-likeness (QED) is 0.0946. The van der Waals surface area contributed by atoms with E-state index < -0.39 is 8.32 Å². The molecular formula is C38H68O3Si. The van der Waals surface area contributed by atoms with Crippen molar-refractivity contribution in [2.45, 2.75) is 188 Å². The van der Waals surface area contributed by atoms with Crippen molar-refractivity contribution < 1.29 is 14.0 Å². The maximum Gasteiger partial charge on any atom is 0.306 e. The molecule has 0 unspecified atom stereocenters. The highest BCUT2D eigenvalue weighted by atomic mass is 28.4. The molecule has 0 aromatic carbocycles. The number of ether oxygens (including phenoxy) is 1. The summed E-state index contributed by atoms with van der Waals surface area (Å²) in [7, 11) is -1.54. The molecule has 4 heteroatoms. The fourth-order valence-corrected chi connectivity index (χ4v) is 10.9. The largest absolute Gasteiger partial charge is 0.548 e. The number of allylic oxidation sites excluding steroid dienone is 2. The normalized spacial score (nSPS) is 34.2. The molecule has 4 aliphatic carbocycles. The Morgan fingerprint density at radius 2 is 1.38 bits per heavy atom. The van der Waals surface area contributed by atoms with Crippen molar-refractivity contribution >= 4 is 14.3 Å². The molecule has 242 valence electrons. The van der Waals surface area contributed by atoms with Gasteiger partial charge in [0.25, 0.3) is 0 Å². The van der Waals surface area contributed by atoms with E-state index in [1.807, 2.05) is 0 Å². The predicted octanol–water partition coefficient (Wildman–Crippen LogP) is 11.8. The summed E-state index contributed by atoms with van der Waals surface area (Å²) in [6, 6.07) is 0. The summed E-state index contributed by atoms with van der Waals surface area (Å²) >= 11 is 0. The van der Waals surface area contributed by atoms with E-state index >= 15 is 0 Å². The molecule has 3 saturated carbocycles. The monoisotopic (exact) mass is 600 g/mol. The van der Waals surface area contributed by atoms with Crippen LogP contribution in [-0.2, 0) is 14.0 Å². The molecule has 0 aromatic heterocycles. The first-order valence-electron chi connectivity index (χ1n) is 18.6. The average molecular weight is 601 g/mol. The van der Waals surface area contributed by atoms with Crippen LogP contribution in [0.5, 0.6) is 0 Å². The second-order valence-electron chi connectivity index (χ2n) is 16.5. The SMILES string of the molecule is CCCCCCCCCCCCCCCC(=O)O[C@@H]1CC[C@H]2[C@@H]3CC[C@H]4CC(O[Si](C)(C)C)=CC[C@]4(C)[C@H]3CC[C@]12C. The first-order valence-corrected chi connectivity index (χ1v) is 22.0. The van der Waals surface area contributed by atoms with Gasteiger partial charge >= 0.3 is 5.97 Å². The van der Waals surface area contributed by atoms with Crippen LogP contribution in [0.4, 0.5) is 0 Å². The number of carbonyl (C=O) groups is 1. The first kappa shape index (κ1) is 34.1. The van der Waals surface area contributed by atoms with Gasteiger partial charge in [0.1, 0.15) is 6.10 Å². The van der Waals surface area contributed by atoms with Crippen LogP contribution in [0, 0.1) is 34.5 Å². The van der Waals surface area contributed by atoms with Crippen molar-refractivity contribution in [3.8, 4) is 0 Å². The second-order valence-corrected chi connectivity index (χ2v) is 21.0. The molecular weight excluding hydrogens is 533 g/mol. The lowest BCUT2D eigenvalue weighted by atomic mass is 9.46. The van der Waals surface area contributed by atoms with Gasteiger partial charge in [0.2, 0.25) is 8.32 Å². The van der Waals surface area contributed by atoms with Crippen molar-refractivity contribution in [3.05, 3.63) is 11.8 Å². The van der Waals surface area contributed by atoms with Crippen molar-refractivity contribution in [2.24, 2.45) is 34.5 Å². The molecule has 0 bridgehead atoms. The van der Waals surface area contributed by atoms with Crippen LogP contribution >= 0.6 is 0 Å². The molecule has 0 amide bonds. The first-order chi connectivity index (χ1) is 20.1. The molecule has 7 atom stereocenters. The standard InChI is InChI=1S/C38H68O3Si/c1-7-8-9-10-11-12-13-14-15-16-17-18-19-20-36(39)40-35-24-23-33-32-22-21-30-29-31(41-42(4,5)6)25-27-37(30,2)34(32)26-28-38(33,35)3/h25,30,32-35H,7-24,26-29H2,1-6H3/t30-,32-,33-,34-,35+,37-,38-/m0/s1. The predicted molar refractivity (Wildman–Crippen MR) is 180 cm³/mol.